The van der Waals surface area contributed by atoms with Gasteiger partial charge < -0.3 is 4.98 Å². The van der Waals surface area contributed by atoms with Gasteiger partial charge >= 0.3 is 0 Å². The van der Waals surface area contributed by atoms with Crippen LogP contribution in [-0.4, -0.2) is 15.7 Å². The van der Waals surface area contributed by atoms with Crippen LogP contribution in [0.5, 0.6) is 0 Å². The van der Waals surface area contributed by atoms with Gasteiger partial charge in [-0.15, -0.1) is 11.8 Å². The molecule has 0 saturated heterocycles. The van der Waals surface area contributed by atoms with E-state index >= 15 is 0 Å². The number of nitrogens with zero attached hydrogens (tertiary/aromatic N) is 1. The summed E-state index contributed by atoms with van der Waals surface area (Å²) < 4.78 is 0. The van der Waals surface area contributed by atoms with Gasteiger partial charge in [-0.2, -0.15) is 0 Å². The minimum Gasteiger partial charge on any atom is -0.333 e. The molecule has 0 aliphatic carbocycles. The summed E-state index contributed by atoms with van der Waals surface area (Å²) in [7, 11) is 0. The van der Waals surface area contributed by atoms with E-state index in [9.17, 15) is 0 Å². The van der Waals surface area contributed by atoms with Gasteiger partial charge in [0.15, 0.2) is 0 Å². The summed E-state index contributed by atoms with van der Waals surface area (Å²) in [6.07, 6.45) is 3.24. The molecule has 0 radical (unpaired) electrons. The lowest BCUT2D eigenvalue weighted by molar-refractivity contribution is 1.11. The van der Waals surface area contributed by atoms with Gasteiger partial charge in [0.1, 0.15) is 5.65 Å². The molecule has 0 bridgehead atoms. The van der Waals surface area contributed by atoms with Gasteiger partial charge in [-0.3, -0.25) is 0 Å². The number of aromatic nitrogens is 2. The summed E-state index contributed by atoms with van der Waals surface area (Å²) >= 11 is 1.81. The Balaban J connectivity index is 1.79. The summed E-state index contributed by atoms with van der Waals surface area (Å²) in [5.74, 6) is 7.51. The first-order chi connectivity index (χ1) is 11.7. The standard InChI is InChI=1S/C21H20N2S/c1-3-13-24-14-12-19-11-9-18-15-20(23-21(18)22-19)10-8-17-6-4-16(2)5-7-17/h4-7,9,11-12,14-15H,3,13H2,1-2H3,(H,22,23)/b14-12+. The van der Waals surface area contributed by atoms with E-state index in [4.69, 9.17) is 0 Å². The topological polar surface area (TPSA) is 28.7 Å². The highest BCUT2D eigenvalue weighted by atomic mass is 32.2. The SMILES string of the molecule is CCCS/C=C/c1ccc2cc(C#Cc3ccc(C)cc3)[nH]c2n1. The van der Waals surface area contributed by atoms with Gasteiger partial charge in [0.2, 0.25) is 0 Å². The summed E-state index contributed by atoms with van der Waals surface area (Å²) in [5, 5.41) is 3.19. The van der Waals surface area contributed by atoms with E-state index in [1.54, 1.807) is 0 Å². The summed E-state index contributed by atoms with van der Waals surface area (Å²) in [6.45, 7) is 4.26. The average molecular weight is 332 g/mol. The lowest BCUT2D eigenvalue weighted by atomic mass is 10.1. The van der Waals surface area contributed by atoms with Crippen LogP contribution < -0.4 is 0 Å². The molecular weight excluding hydrogens is 312 g/mol. The molecule has 2 aromatic heterocycles. The van der Waals surface area contributed by atoms with Gasteiger partial charge in [-0.05, 0) is 66.8 Å². The number of rotatable bonds is 4. The first kappa shape index (κ1) is 16.4. The number of thioether (sulfide) groups is 1. The molecular formula is C21H20N2S. The minimum atomic E-state index is 0.880. The van der Waals surface area contributed by atoms with E-state index in [2.05, 4.69) is 65.3 Å². The van der Waals surface area contributed by atoms with Crippen molar-refractivity contribution in [1.82, 2.24) is 9.97 Å². The van der Waals surface area contributed by atoms with Crippen molar-refractivity contribution in [1.29, 1.82) is 0 Å². The number of H-pyrrole nitrogens is 1. The molecule has 0 saturated carbocycles. The van der Waals surface area contributed by atoms with Crippen molar-refractivity contribution in [3.8, 4) is 11.8 Å². The molecule has 0 unspecified atom stereocenters. The number of pyridine rings is 1. The van der Waals surface area contributed by atoms with Crippen molar-refractivity contribution in [3.05, 3.63) is 70.4 Å². The fourth-order valence-corrected chi connectivity index (χ4v) is 2.87. The molecule has 3 aromatic rings. The molecule has 0 amide bonds. The van der Waals surface area contributed by atoms with Crippen LogP contribution in [0.3, 0.4) is 0 Å². The number of aryl methyl sites for hydroxylation is 1. The van der Waals surface area contributed by atoms with Crippen molar-refractivity contribution in [2.75, 3.05) is 5.75 Å². The normalized spacial score (nSPS) is 10.9. The Morgan fingerprint density at radius 1 is 1.12 bits per heavy atom. The largest absolute Gasteiger partial charge is 0.333 e. The molecule has 24 heavy (non-hydrogen) atoms. The van der Waals surface area contributed by atoms with Crippen molar-refractivity contribution in [3.63, 3.8) is 0 Å². The molecule has 2 heterocycles. The van der Waals surface area contributed by atoms with Crippen molar-refractivity contribution >= 4 is 28.9 Å². The van der Waals surface area contributed by atoms with Crippen LogP contribution in [0.1, 0.15) is 35.9 Å². The Morgan fingerprint density at radius 2 is 1.96 bits per heavy atom. The third-order valence-corrected chi connectivity index (χ3v) is 4.52. The number of hydrogen-bond donors (Lipinski definition) is 1. The second-order valence-corrected chi connectivity index (χ2v) is 6.66. The van der Waals surface area contributed by atoms with Crippen LogP contribution in [0.25, 0.3) is 17.1 Å². The molecule has 0 aliphatic rings. The van der Waals surface area contributed by atoms with Crippen molar-refractivity contribution in [2.45, 2.75) is 20.3 Å². The van der Waals surface area contributed by atoms with Gasteiger partial charge in [0.25, 0.3) is 0 Å². The molecule has 120 valence electrons. The highest BCUT2D eigenvalue weighted by Crippen LogP contribution is 2.15. The predicted octanol–water partition coefficient (Wildman–Crippen LogP) is 5.39. The first-order valence-electron chi connectivity index (χ1n) is 8.11. The van der Waals surface area contributed by atoms with E-state index in [1.165, 1.54) is 12.0 Å². The second kappa shape index (κ2) is 7.90. The molecule has 0 spiro atoms. The van der Waals surface area contributed by atoms with E-state index < -0.39 is 0 Å². The van der Waals surface area contributed by atoms with Crippen LogP contribution in [0.4, 0.5) is 0 Å². The average Bonchev–Trinajstić information content (AvgIpc) is 3.00. The third kappa shape index (κ3) is 4.31. The van der Waals surface area contributed by atoms with E-state index in [0.717, 1.165) is 33.7 Å². The quantitative estimate of drug-likeness (QED) is 0.513. The Bertz CT molecular complexity index is 908. The zero-order valence-corrected chi connectivity index (χ0v) is 14.8. The maximum atomic E-state index is 4.64. The molecule has 1 N–H and O–H groups in total. The number of hydrogen-bond acceptors (Lipinski definition) is 2. The van der Waals surface area contributed by atoms with E-state index in [1.807, 2.05) is 36.0 Å². The number of nitrogens with one attached hydrogen (secondary N) is 1. The van der Waals surface area contributed by atoms with Gasteiger partial charge in [-0.1, -0.05) is 30.5 Å². The monoisotopic (exact) mass is 332 g/mol. The fraction of sp³-hybridized carbons (Fsp3) is 0.190. The maximum absolute atomic E-state index is 4.64. The number of benzene rings is 1. The maximum Gasteiger partial charge on any atom is 0.138 e. The minimum absolute atomic E-state index is 0.880. The van der Waals surface area contributed by atoms with Crippen LogP contribution in [0, 0.1) is 18.8 Å². The molecule has 1 aromatic carbocycles. The smallest absolute Gasteiger partial charge is 0.138 e. The highest BCUT2D eigenvalue weighted by molar-refractivity contribution is 8.02. The Morgan fingerprint density at radius 3 is 2.75 bits per heavy atom. The van der Waals surface area contributed by atoms with Crippen LogP contribution in [-0.2, 0) is 0 Å². The zero-order chi connectivity index (χ0) is 16.8. The van der Waals surface area contributed by atoms with Gasteiger partial charge in [0.05, 0.1) is 11.4 Å². The molecule has 0 aliphatic heterocycles. The van der Waals surface area contributed by atoms with E-state index in [0.29, 0.717) is 0 Å². The fourth-order valence-electron chi connectivity index (χ4n) is 2.26. The van der Waals surface area contributed by atoms with Crippen LogP contribution in [0.15, 0.2) is 47.9 Å². The van der Waals surface area contributed by atoms with Gasteiger partial charge in [0, 0.05) is 10.9 Å². The second-order valence-electron chi connectivity index (χ2n) is 5.65. The van der Waals surface area contributed by atoms with Crippen LogP contribution >= 0.6 is 11.8 Å². The zero-order valence-electron chi connectivity index (χ0n) is 14.0. The molecule has 2 nitrogen and oxygen atoms in total. The Labute approximate surface area is 147 Å². The van der Waals surface area contributed by atoms with Crippen molar-refractivity contribution in [2.24, 2.45) is 0 Å². The molecule has 3 heteroatoms. The molecule has 0 fully saturated rings. The van der Waals surface area contributed by atoms with Crippen LogP contribution in [0.2, 0.25) is 0 Å². The molecule has 3 rings (SSSR count). The lowest BCUT2D eigenvalue weighted by Gasteiger charge is -1.93. The summed E-state index contributed by atoms with van der Waals surface area (Å²) in [5.41, 5.74) is 4.99. The van der Waals surface area contributed by atoms with Gasteiger partial charge in [-0.25, -0.2) is 4.98 Å². The molecule has 0 atom stereocenters. The predicted molar refractivity (Wildman–Crippen MR) is 105 cm³/mol. The van der Waals surface area contributed by atoms with E-state index in [-0.39, 0.29) is 0 Å². The summed E-state index contributed by atoms with van der Waals surface area (Å²) in [4.78, 5) is 7.93. The first-order valence-corrected chi connectivity index (χ1v) is 9.16. The Hall–Kier alpha value is -2.44. The number of fused-ring (bicyclic) bond motifs is 1. The highest BCUT2D eigenvalue weighted by Gasteiger charge is 2.00. The number of aromatic amines is 1. The van der Waals surface area contributed by atoms with Crippen molar-refractivity contribution < 1.29 is 0 Å². The third-order valence-electron chi connectivity index (χ3n) is 3.55. The summed E-state index contributed by atoms with van der Waals surface area (Å²) in [6, 6.07) is 14.4. The lowest BCUT2D eigenvalue weighted by Crippen LogP contribution is -1.82. The Kier molecular flexibility index (Phi) is 5.40.